The molecule has 0 saturated heterocycles. The maximum absolute atomic E-state index is 12.3. The van der Waals surface area contributed by atoms with E-state index in [0.29, 0.717) is 6.42 Å². The summed E-state index contributed by atoms with van der Waals surface area (Å²) in [6.45, 7) is 0. The first-order valence-electron chi connectivity index (χ1n) is 7.41. The van der Waals surface area contributed by atoms with Gasteiger partial charge in [0, 0.05) is 0 Å². The van der Waals surface area contributed by atoms with Crippen LogP contribution in [0.25, 0.3) is 0 Å². The number of nitrogens with zero attached hydrogens (tertiary/aromatic N) is 3. The molecule has 0 bridgehead atoms. The van der Waals surface area contributed by atoms with E-state index in [0.717, 1.165) is 16.3 Å². The Morgan fingerprint density at radius 2 is 1.92 bits per heavy atom. The first kappa shape index (κ1) is 15.4. The van der Waals surface area contributed by atoms with Crippen LogP contribution in [-0.2, 0) is 6.42 Å². The molecule has 2 rings (SSSR count). The molecule has 2 aromatic rings. The standard InChI is InChI=1S/C16H13N3O5/c1-2-13(9-8-12-6-4-3-5-7-12)17-11-14(18(21)22)10-15(16(17)20)19(23)24/h1,3-7,10-11,13H,8-9H2/t13-/m0/s1/i10D. The van der Waals surface area contributed by atoms with Crippen LogP contribution in [0.2, 0.25) is 0 Å². The molecule has 0 N–H and O–H groups in total. The minimum absolute atomic E-state index is 0.256. The molecule has 0 aliphatic heterocycles. The Hall–Kier alpha value is -3.47. The lowest BCUT2D eigenvalue weighted by Gasteiger charge is -2.14. The Labute approximate surface area is 138 Å². The quantitative estimate of drug-likeness (QED) is 0.460. The van der Waals surface area contributed by atoms with Crippen molar-refractivity contribution >= 4 is 11.4 Å². The number of rotatable bonds is 6. The summed E-state index contributed by atoms with van der Waals surface area (Å²) >= 11 is 0. The first-order valence-corrected chi connectivity index (χ1v) is 6.91. The van der Waals surface area contributed by atoms with Crippen LogP contribution < -0.4 is 5.56 Å². The fourth-order valence-corrected chi connectivity index (χ4v) is 2.22. The van der Waals surface area contributed by atoms with Crippen LogP contribution in [0.4, 0.5) is 11.4 Å². The summed E-state index contributed by atoms with van der Waals surface area (Å²) in [6, 6.07) is 7.27. The van der Waals surface area contributed by atoms with Crippen molar-refractivity contribution < 1.29 is 11.2 Å². The van der Waals surface area contributed by atoms with Crippen molar-refractivity contribution in [2.24, 2.45) is 0 Å². The van der Waals surface area contributed by atoms with Gasteiger partial charge in [0.15, 0.2) is 0 Å². The van der Waals surface area contributed by atoms with Crippen molar-refractivity contribution in [3.05, 3.63) is 78.7 Å². The van der Waals surface area contributed by atoms with Crippen molar-refractivity contribution in [3.63, 3.8) is 0 Å². The molecule has 1 atom stereocenters. The van der Waals surface area contributed by atoms with Gasteiger partial charge in [0.05, 0.1) is 23.5 Å². The van der Waals surface area contributed by atoms with Gasteiger partial charge >= 0.3 is 11.2 Å². The molecule has 0 unspecified atom stereocenters. The fourth-order valence-electron chi connectivity index (χ4n) is 2.22. The SMILES string of the molecule is [2H]c1c([N+](=O)[O-])cn([C@@H](C#C)CCc2ccccc2)c(=O)c1[N+](=O)[O-]. The van der Waals surface area contributed by atoms with Gasteiger partial charge in [-0.25, -0.2) is 0 Å². The summed E-state index contributed by atoms with van der Waals surface area (Å²) in [6.07, 6.45) is 6.97. The number of terminal acetylenes is 1. The fraction of sp³-hybridized carbons (Fsp3) is 0.188. The Morgan fingerprint density at radius 1 is 1.25 bits per heavy atom. The van der Waals surface area contributed by atoms with E-state index in [1.165, 1.54) is 0 Å². The monoisotopic (exact) mass is 328 g/mol. The van der Waals surface area contributed by atoms with Gasteiger partial charge < -0.3 is 0 Å². The highest BCUT2D eigenvalue weighted by Gasteiger charge is 2.24. The predicted molar refractivity (Wildman–Crippen MR) is 86.6 cm³/mol. The van der Waals surface area contributed by atoms with Crippen LogP contribution in [0.15, 0.2) is 47.4 Å². The van der Waals surface area contributed by atoms with Crippen LogP contribution in [0.5, 0.6) is 0 Å². The third-order valence-electron chi connectivity index (χ3n) is 3.40. The van der Waals surface area contributed by atoms with Gasteiger partial charge in [0.25, 0.3) is 5.69 Å². The number of aryl methyl sites for hydroxylation is 1. The molecule has 8 heteroatoms. The lowest BCUT2D eigenvalue weighted by molar-refractivity contribution is -0.395. The summed E-state index contributed by atoms with van der Waals surface area (Å²) in [5.41, 5.74) is -2.19. The zero-order valence-corrected chi connectivity index (χ0v) is 12.4. The third kappa shape index (κ3) is 3.64. The number of hydrogen-bond donors (Lipinski definition) is 0. The lowest BCUT2D eigenvalue weighted by Crippen LogP contribution is -2.26. The second kappa shape index (κ2) is 7.19. The largest absolute Gasteiger partial charge is 0.341 e. The van der Waals surface area contributed by atoms with Crippen molar-refractivity contribution in [3.8, 4) is 12.3 Å². The summed E-state index contributed by atoms with van der Waals surface area (Å²) in [4.78, 5) is 32.4. The number of aromatic nitrogens is 1. The molecule has 8 nitrogen and oxygen atoms in total. The second-order valence-corrected chi connectivity index (χ2v) is 4.92. The van der Waals surface area contributed by atoms with E-state index < -0.39 is 38.9 Å². The number of hydrogen-bond acceptors (Lipinski definition) is 5. The van der Waals surface area contributed by atoms with Crippen LogP contribution >= 0.6 is 0 Å². The summed E-state index contributed by atoms with van der Waals surface area (Å²) in [7, 11) is 0. The molecule has 24 heavy (non-hydrogen) atoms. The lowest BCUT2D eigenvalue weighted by atomic mass is 10.1. The maximum atomic E-state index is 12.3. The molecule has 1 heterocycles. The van der Waals surface area contributed by atoms with E-state index in [1.807, 2.05) is 30.3 Å². The van der Waals surface area contributed by atoms with Crippen LogP contribution in [-0.4, -0.2) is 14.4 Å². The molecule has 0 amide bonds. The topological polar surface area (TPSA) is 108 Å². The highest BCUT2D eigenvalue weighted by molar-refractivity contribution is 5.40. The number of benzene rings is 1. The predicted octanol–water partition coefficient (Wildman–Crippen LogP) is 2.47. The van der Waals surface area contributed by atoms with E-state index in [-0.39, 0.29) is 6.42 Å². The van der Waals surface area contributed by atoms with E-state index >= 15 is 0 Å². The van der Waals surface area contributed by atoms with Crippen molar-refractivity contribution in [2.75, 3.05) is 0 Å². The smallest absolute Gasteiger partial charge is 0.288 e. The van der Waals surface area contributed by atoms with Gasteiger partial charge in [-0.3, -0.25) is 29.6 Å². The van der Waals surface area contributed by atoms with Crippen LogP contribution in [0.3, 0.4) is 0 Å². The summed E-state index contributed by atoms with van der Waals surface area (Å²) in [5, 5.41) is 22.1. The Morgan fingerprint density at radius 3 is 2.46 bits per heavy atom. The van der Waals surface area contributed by atoms with Gasteiger partial charge in [-0.15, -0.1) is 6.42 Å². The molecule has 0 saturated carbocycles. The normalized spacial score (nSPS) is 12.0. The zero-order chi connectivity index (χ0) is 18.6. The van der Waals surface area contributed by atoms with E-state index in [9.17, 15) is 25.0 Å². The van der Waals surface area contributed by atoms with Crippen molar-refractivity contribution in [1.29, 1.82) is 0 Å². The molecule has 0 fully saturated rings. The van der Waals surface area contributed by atoms with Crippen LogP contribution in [0.1, 0.15) is 19.4 Å². The molecule has 1 aromatic carbocycles. The van der Waals surface area contributed by atoms with Crippen molar-refractivity contribution in [2.45, 2.75) is 18.9 Å². The Balaban J connectivity index is 2.48. The molecule has 0 aliphatic rings. The zero-order valence-electron chi connectivity index (χ0n) is 13.4. The number of nitro groups is 2. The molecule has 122 valence electrons. The molecule has 0 radical (unpaired) electrons. The van der Waals surface area contributed by atoms with E-state index in [1.54, 1.807) is 0 Å². The minimum Gasteiger partial charge on any atom is -0.288 e. The maximum Gasteiger partial charge on any atom is 0.341 e. The second-order valence-electron chi connectivity index (χ2n) is 4.92. The van der Waals surface area contributed by atoms with Gasteiger partial charge in [0.1, 0.15) is 6.04 Å². The Kier molecular flexibility index (Phi) is 4.62. The molecular weight excluding hydrogens is 314 g/mol. The molecule has 0 spiro atoms. The van der Waals surface area contributed by atoms with E-state index in [2.05, 4.69) is 5.92 Å². The average Bonchev–Trinajstić information content (AvgIpc) is 2.57. The highest BCUT2D eigenvalue weighted by Crippen LogP contribution is 2.20. The van der Waals surface area contributed by atoms with Gasteiger partial charge in [0.2, 0.25) is 0 Å². The Bertz CT molecular complexity index is 918. The number of pyridine rings is 1. The van der Waals surface area contributed by atoms with Gasteiger partial charge in [-0.1, -0.05) is 36.3 Å². The minimum atomic E-state index is -1.16. The molecular formula is C16H13N3O5. The van der Waals surface area contributed by atoms with Crippen LogP contribution in [0, 0.1) is 32.6 Å². The highest BCUT2D eigenvalue weighted by atomic mass is 16.6. The van der Waals surface area contributed by atoms with Gasteiger partial charge in [-0.05, 0) is 18.4 Å². The van der Waals surface area contributed by atoms with Gasteiger partial charge in [-0.2, -0.15) is 0 Å². The third-order valence-corrected chi connectivity index (χ3v) is 3.40. The van der Waals surface area contributed by atoms with Crippen molar-refractivity contribution in [1.82, 2.24) is 4.57 Å². The molecule has 1 aromatic heterocycles. The summed E-state index contributed by atoms with van der Waals surface area (Å²) in [5.74, 6) is 2.34. The summed E-state index contributed by atoms with van der Waals surface area (Å²) < 4.78 is 8.32. The van der Waals surface area contributed by atoms with E-state index in [4.69, 9.17) is 7.79 Å². The average molecular weight is 328 g/mol. The first-order chi connectivity index (χ1) is 11.9. The molecule has 0 aliphatic carbocycles.